The van der Waals surface area contributed by atoms with Gasteiger partial charge in [0.05, 0.1) is 22.9 Å². The lowest BCUT2D eigenvalue weighted by molar-refractivity contribution is 0.0919. The molecule has 0 spiro atoms. The van der Waals surface area contributed by atoms with Gasteiger partial charge in [0.2, 0.25) is 0 Å². The van der Waals surface area contributed by atoms with E-state index in [2.05, 4.69) is 20.7 Å². The van der Waals surface area contributed by atoms with Gasteiger partial charge in [0.15, 0.2) is 11.4 Å². The average molecular weight is 431 g/mol. The van der Waals surface area contributed by atoms with Crippen molar-refractivity contribution in [3.05, 3.63) is 65.5 Å². The highest BCUT2D eigenvalue weighted by atomic mass is 16.3. The van der Waals surface area contributed by atoms with Crippen LogP contribution in [0.25, 0.3) is 22.5 Å². The Bertz CT molecular complexity index is 1300. The first-order chi connectivity index (χ1) is 15.1. The average Bonchev–Trinajstić information content (AvgIpc) is 3.35. The van der Waals surface area contributed by atoms with Crippen LogP contribution in [0.4, 0.5) is 5.69 Å². The van der Waals surface area contributed by atoms with Crippen LogP contribution in [0.1, 0.15) is 47.2 Å². The molecule has 0 fully saturated rings. The maximum atomic E-state index is 13.2. The van der Waals surface area contributed by atoms with Crippen LogP contribution >= 0.6 is 0 Å². The Morgan fingerprint density at radius 3 is 2.41 bits per heavy atom. The van der Waals surface area contributed by atoms with Crippen molar-refractivity contribution in [1.82, 2.24) is 20.1 Å². The first kappa shape index (κ1) is 21.3. The summed E-state index contributed by atoms with van der Waals surface area (Å²) in [6, 6.07) is 12.0. The van der Waals surface area contributed by atoms with E-state index in [1.54, 1.807) is 60.5 Å². The van der Waals surface area contributed by atoms with E-state index < -0.39 is 0 Å². The second-order valence-corrected chi connectivity index (χ2v) is 8.68. The van der Waals surface area contributed by atoms with E-state index in [4.69, 9.17) is 4.42 Å². The van der Waals surface area contributed by atoms with Crippen molar-refractivity contribution in [1.29, 1.82) is 0 Å². The Kier molecular flexibility index (Phi) is 5.30. The number of rotatable bonds is 4. The molecule has 3 heterocycles. The molecule has 2 amide bonds. The molecule has 164 valence electrons. The van der Waals surface area contributed by atoms with Crippen LogP contribution in [0.15, 0.2) is 53.1 Å². The van der Waals surface area contributed by atoms with Gasteiger partial charge in [-0.15, -0.1) is 0 Å². The molecule has 0 saturated heterocycles. The van der Waals surface area contributed by atoms with Crippen molar-refractivity contribution < 1.29 is 14.0 Å². The summed E-state index contributed by atoms with van der Waals surface area (Å²) in [7, 11) is 1.79. The highest BCUT2D eigenvalue weighted by Crippen LogP contribution is 2.27. The first-order valence-electron chi connectivity index (χ1n) is 10.2. The van der Waals surface area contributed by atoms with Gasteiger partial charge in [0.1, 0.15) is 5.69 Å². The number of anilines is 1. The Morgan fingerprint density at radius 1 is 1.06 bits per heavy atom. The largest absolute Gasteiger partial charge is 0.463 e. The fourth-order valence-corrected chi connectivity index (χ4v) is 3.49. The summed E-state index contributed by atoms with van der Waals surface area (Å²) < 4.78 is 7.13. The molecular weight excluding hydrogens is 406 g/mol. The molecule has 0 aliphatic carbocycles. The van der Waals surface area contributed by atoms with Gasteiger partial charge in [-0.05, 0) is 70.2 Å². The van der Waals surface area contributed by atoms with Gasteiger partial charge in [-0.3, -0.25) is 14.3 Å². The number of hydrogen-bond acceptors (Lipinski definition) is 5. The number of fused-ring (bicyclic) bond motifs is 1. The molecule has 0 unspecified atom stereocenters. The minimum Gasteiger partial charge on any atom is -0.463 e. The van der Waals surface area contributed by atoms with E-state index in [1.807, 2.05) is 27.7 Å². The van der Waals surface area contributed by atoms with Crippen LogP contribution in [0.2, 0.25) is 0 Å². The van der Waals surface area contributed by atoms with Crippen molar-refractivity contribution in [2.45, 2.75) is 33.2 Å². The second kappa shape index (κ2) is 7.96. The predicted octanol–water partition coefficient (Wildman–Crippen LogP) is 4.32. The van der Waals surface area contributed by atoms with Gasteiger partial charge in [-0.25, -0.2) is 4.98 Å². The lowest BCUT2D eigenvalue weighted by Crippen LogP contribution is -2.40. The van der Waals surface area contributed by atoms with Crippen LogP contribution in [-0.2, 0) is 7.05 Å². The van der Waals surface area contributed by atoms with Crippen molar-refractivity contribution in [3.8, 4) is 11.5 Å². The molecule has 0 atom stereocenters. The third-order valence-corrected chi connectivity index (χ3v) is 4.88. The first-order valence-corrected chi connectivity index (χ1v) is 10.2. The smallest absolute Gasteiger partial charge is 0.256 e. The molecule has 0 aliphatic rings. The van der Waals surface area contributed by atoms with Crippen LogP contribution in [0, 0.1) is 6.92 Å². The van der Waals surface area contributed by atoms with E-state index in [-0.39, 0.29) is 17.4 Å². The molecular formula is C24H25N5O3. The zero-order chi connectivity index (χ0) is 23.0. The minimum atomic E-state index is -0.329. The lowest BCUT2D eigenvalue weighted by atomic mass is 10.1. The SMILES string of the molecule is Cc1nn(C)c2nc(-c3ccco3)cc(C(=O)Nc3ccc(C(=O)NC(C)(C)C)cc3)c12. The van der Waals surface area contributed by atoms with Gasteiger partial charge in [-0.2, -0.15) is 5.10 Å². The maximum Gasteiger partial charge on any atom is 0.256 e. The fraction of sp³-hybridized carbons (Fsp3) is 0.250. The van der Waals surface area contributed by atoms with E-state index in [0.717, 1.165) is 0 Å². The van der Waals surface area contributed by atoms with Gasteiger partial charge in [0, 0.05) is 23.8 Å². The standard InChI is InChI=1S/C24H25N5O3/c1-14-20-17(13-18(19-7-6-12-32-19)26-21(20)29(5)28-14)23(31)25-16-10-8-15(9-11-16)22(30)27-24(2,3)4/h6-13H,1-5H3,(H,25,31)(H,27,30). The number of aromatic nitrogens is 3. The van der Waals surface area contributed by atoms with E-state index in [1.165, 1.54) is 0 Å². The van der Waals surface area contributed by atoms with Crippen molar-refractivity contribution in [3.63, 3.8) is 0 Å². The number of hydrogen-bond donors (Lipinski definition) is 2. The van der Waals surface area contributed by atoms with E-state index in [0.29, 0.717) is 45.0 Å². The Labute approximate surface area is 185 Å². The van der Waals surface area contributed by atoms with E-state index in [9.17, 15) is 9.59 Å². The molecule has 0 saturated carbocycles. The molecule has 32 heavy (non-hydrogen) atoms. The summed E-state index contributed by atoms with van der Waals surface area (Å²) in [5, 5.41) is 10.9. The zero-order valence-electron chi connectivity index (χ0n) is 18.7. The Morgan fingerprint density at radius 2 is 1.78 bits per heavy atom. The lowest BCUT2D eigenvalue weighted by Gasteiger charge is -2.20. The van der Waals surface area contributed by atoms with Gasteiger partial charge < -0.3 is 15.1 Å². The third kappa shape index (κ3) is 4.25. The predicted molar refractivity (Wildman–Crippen MR) is 123 cm³/mol. The third-order valence-electron chi connectivity index (χ3n) is 4.88. The summed E-state index contributed by atoms with van der Waals surface area (Å²) in [5.74, 6) is 0.0995. The Hall–Kier alpha value is -3.94. The van der Waals surface area contributed by atoms with Crippen LogP contribution in [0.5, 0.6) is 0 Å². The van der Waals surface area contributed by atoms with Crippen molar-refractivity contribution >= 4 is 28.5 Å². The normalized spacial score (nSPS) is 11.5. The topological polar surface area (TPSA) is 102 Å². The van der Waals surface area contributed by atoms with Crippen LogP contribution in [-0.4, -0.2) is 32.1 Å². The number of amides is 2. The molecule has 4 rings (SSSR count). The number of pyridine rings is 1. The highest BCUT2D eigenvalue weighted by molar-refractivity contribution is 6.13. The summed E-state index contributed by atoms with van der Waals surface area (Å²) >= 11 is 0. The summed E-state index contributed by atoms with van der Waals surface area (Å²) in [6.45, 7) is 7.61. The molecule has 4 aromatic rings. The maximum absolute atomic E-state index is 13.2. The number of nitrogens with one attached hydrogen (secondary N) is 2. The summed E-state index contributed by atoms with van der Waals surface area (Å²) in [6.07, 6.45) is 1.56. The van der Waals surface area contributed by atoms with Gasteiger partial charge in [-0.1, -0.05) is 0 Å². The van der Waals surface area contributed by atoms with Crippen molar-refractivity contribution in [2.75, 3.05) is 5.32 Å². The number of aryl methyl sites for hydroxylation is 2. The minimum absolute atomic E-state index is 0.166. The molecule has 2 N–H and O–H groups in total. The summed E-state index contributed by atoms with van der Waals surface area (Å²) in [4.78, 5) is 30.2. The molecule has 8 heteroatoms. The van der Waals surface area contributed by atoms with Gasteiger partial charge in [0.25, 0.3) is 11.8 Å². The zero-order valence-corrected chi connectivity index (χ0v) is 18.7. The molecule has 0 radical (unpaired) electrons. The quantitative estimate of drug-likeness (QED) is 0.501. The molecule has 3 aromatic heterocycles. The highest BCUT2D eigenvalue weighted by Gasteiger charge is 2.20. The molecule has 8 nitrogen and oxygen atoms in total. The fourth-order valence-electron chi connectivity index (χ4n) is 3.49. The summed E-state index contributed by atoms with van der Waals surface area (Å²) in [5.41, 5.74) is 3.06. The molecule has 0 aliphatic heterocycles. The number of benzene rings is 1. The Balaban J connectivity index is 1.65. The number of nitrogens with zero attached hydrogens (tertiary/aromatic N) is 3. The number of carbonyl (C=O) groups is 2. The van der Waals surface area contributed by atoms with Crippen molar-refractivity contribution in [2.24, 2.45) is 7.05 Å². The van der Waals surface area contributed by atoms with Crippen LogP contribution in [0.3, 0.4) is 0 Å². The number of furan rings is 1. The van der Waals surface area contributed by atoms with Gasteiger partial charge >= 0.3 is 0 Å². The van der Waals surface area contributed by atoms with Crippen LogP contribution < -0.4 is 10.6 Å². The second-order valence-electron chi connectivity index (χ2n) is 8.68. The monoisotopic (exact) mass is 431 g/mol. The number of carbonyl (C=O) groups excluding carboxylic acids is 2. The van der Waals surface area contributed by atoms with E-state index >= 15 is 0 Å². The molecule has 1 aromatic carbocycles. The molecule has 0 bridgehead atoms.